The molecule has 0 aromatic heterocycles. The molecule has 0 spiro atoms. The van der Waals surface area contributed by atoms with Crippen LogP contribution in [0.2, 0.25) is 0 Å². The van der Waals surface area contributed by atoms with E-state index in [1.54, 1.807) is 12.1 Å². The highest BCUT2D eigenvalue weighted by molar-refractivity contribution is 5.71. The van der Waals surface area contributed by atoms with Gasteiger partial charge >= 0.3 is 5.97 Å². The molecule has 0 aliphatic heterocycles. The van der Waals surface area contributed by atoms with E-state index in [0.29, 0.717) is 6.42 Å². The number of aromatic hydroxyl groups is 1. The molecule has 1 atom stereocenters. The van der Waals surface area contributed by atoms with Crippen molar-refractivity contribution in [2.75, 3.05) is 7.11 Å². The molecule has 92 valence electrons. The summed E-state index contributed by atoms with van der Waals surface area (Å²) in [6.45, 7) is 4.30. The first-order valence-electron chi connectivity index (χ1n) is 5.82. The average Bonchev–Trinajstić information content (AvgIpc) is 2.50. The predicted octanol–water partition coefficient (Wildman–Crippen LogP) is 2.62. The maximum absolute atomic E-state index is 11.5. The third kappa shape index (κ3) is 2.14. The van der Waals surface area contributed by atoms with Crippen LogP contribution >= 0.6 is 0 Å². The zero-order chi connectivity index (χ0) is 12.6. The molecule has 2 rings (SSSR count). The van der Waals surface area contributed by atoms with Gasteiger partial charge in [-0.1, -0.05) is 19.9 Å². The minimum Gasteiger partial charge on any atom is -0.508 e. The minimum atomic E-state index is -0.195. The molecule has 0 radical (unpaired) electrons. The summed E-state index contributed by atoms with van der Waals surface area (Å²) in [6, 6.07) is 5.43. The maximum Gasteiger partial charge on any atom is 0.306 e. The van der Waals surface area contributed by atoms with E-state index in [1.165, 1.54) is 12.7 Å². The molecule has 1 aliphatic carbocycles. The lowest BCUT2D eigenvalue weighted by atomic mass is 9.78. The number of hydrogen-bond donors (Lipinski definition) is 1. The number of carbonyl (C=O) groups excluding carboxylic acids is 1. The van der Waals surface area contributed by atoms with Crippen LogP contribution in [0.1, 0.15) is 37.3 Å². The lowest BCUT2D eigenvalue weighted by Crippen LogP contribution is -2.21. The van der Waals surface area contributed by atoms with Crippen molar-refractivity contribution in [3.05, 3.63) is 29.3 Å². The first-order chi connectivity index (χ1) is 7.94. The van der Waals surface area contributed by atoms with Crippen LogP contribution in [0.15, 0.2) is 18.2 Å². The van der Waals surface area contributed by atoms with E-state index < -0.39 is 0 Å². The fourth-order valence-electron chi connectivity index (χ4n) is 2.74. The molecule has 0 saturated heterocycles. The van der Waals surface area contributed by atoms with E-state index in [9.17, 15) is 9.90 Å². The summed E-state index contributed by atoms with van der Waals surface area (Å²) in [5.74, 6) is 0.188. The van der Waals surface area contributed by atoms with Crippen LogP contribution in [0.5, 0.6) is 5.75 Å². The minimum absolute atomic E-state index is 0.0321. The van der Waals surface area contributed by atoms with Crippen LogP contribution in [0.3, 0.4) is 0 Å². The molecule has 0 amide bonds. The predicted molar refractivity (Wildman–Crippen MR) is 65.0 cm³/mol. The van der Waals surface area contributed by atoms with Crippen LogP contribution in [0.25, 0.3) is 0 Å². The number of ether oxygens (including phenoxy) is 1. The summed E-state index contributed by atoms with van der Waals surface area (Å²) >= 11 is 0. The zero-order valence-corrected chi connectivity index (χ0v) is 10.5. The number of carbonyl (C=O) groups is 1. The van der Waals surface area contributed by atoms with Gasteiger partial charge in [0, 0.05) is 5.92 Å². The van der Waals surface area contributed by atoms with Gasteiger partial charge in [0.2, 0.25) is 0 Å². The molecule has 0 unspecified atom stereocenters. The molecular weight excluding hydrogens is 216 g/mol. The Bertz CT molecular complexity index is 449. The van der Waals surface area contributed by atoms with Gasteiger partial charge in [-0.05, 0) is 35.1 Å². The third-order valence-electron chi connectivity index (χ3n) is 3.69. The van der Waals surface area contributed by atoms with Crippen molar-refractivity contribution in [2.45, 2.75) is 32.6 Å². The van der Waals surface area contributed by atoms with E-state index in [2.05, 4.69) is 13.8 Å². The van der Waals surface area contributed by atoms with Crippen LogP contribution in [-0.2, 0) is 16.0 Å². The lowest BCUT2D eigenvalue weighted by Gasteiger charge is -2.26. The van der Waals surface area contributed by atoms with Crippen molar-refractivity contribution in [1.29, 1.82) is 0 Å². The van der Waals surface area contributed by atoms with Crippen molar-refractivity contribution in [3.8, 4) is 5.75 Å². The number of fused-ring (bicyclic) bond motifs is 1. The molecule has 0 bridgehead atoms. The summed E-state index contributed by atoms with van der Waals surface area (Å²) in [5.41, 5.74) is 2.34. The van der Waals surface area contributed by atoms with E-state index in [0.717, 1.165) is 12.0 Å². The smallest absolute Gasteiger partial charge is 0.306 e. The first-order valence-corrected chi connectivity index (χ1v) is 5.82. The van der Waals surface area contributed by atoms with E-state index in [1.807, 2.05) is 6.07 Å². The Hall–Kier alpha value is -1.51. The number of methoxy groups -OCH3 is 1. The second kappa shape index (κ2) is 4.06. The third-order valence-corrected chi connectivity index (χ3v) is 3.69. The SMILES string of the molecule is COC(=O)C[C@@H]1c2cc(O)ccc2CC1(C)C. The van der Waals surface area contributed by atoms with Gasteiger partial charge in [-0.25, -0.2) is 0 Å². The molecule has 1 aromatic rings. The Morgan fingerprint density at radius 3 is 2.88 bits per heavy atom. The molecule has 3 heteroatoms. The van der Waals surface area contributed by atoms with E-state index in [-0.39, 0.29) is 23.1 Å². The summed E-state index contributed by atoms with van der Waals surface area (Å²) < 4.78 is 4.75. The molecule has 1 N–H and O–H groups in total. The number of esters is 1. The van der Waals surface area contributed by atoms with Crippen molar-refractivity contribution in [3.63, 3.8) is 0 Å². The summed E-state index contributed by atoms with van der Waals surface area (Å²) in [5, 5.41) is 9.56. The highest BCUT2D eigenvalue weighted by atomic mass is 16.5. The number of phenolic OH excluding ortho intramolecular Hbond substituents is 1. The molecule has 1 aliphatic rings. The maximum atomic E-state index is 11.5. The molecule has 17 heavy (non-hydrogen) atoms. The normalized spacial score (nSPS) is 21.0. The van der Waals surface area contributed by atoms with Gasteiger partial charge in [0.25, 0.3) is 0 Å². The van der Waals surface area contributed by atoms with Crippen LogP contribution in [0.4, 0.5) is 0 Å². The van der Waals surface area contributed by atoms with Crippen molar-refractivity contribution in [2.24, 2.45) is 5.41 Å². The van der Waals surface area contributed by atoms with Gasteiger partial charge < -0.3 is 9.84 Å². The van der Waals surface area contributed by atoms with Crippen LogP contribution < -0.4 is 0 Å². The Balaban J connectivity index is 2.36. The molecule has 0 saturated carbocycles. The van der Waals surface area contributed by atoms with Gasteiger partial charge in [-0.15, -0.1) is 0 Å². The quantitative estimate of drug-likeness (QED) is 0.800. The van der Waals surface area contributed by atoms with E-state index in [4.69, 9.17) is 4.74 Å². The van der Waals surface area contributed by atoms with Crippen molar-refractivity contribution >= 4 is 5.97 Å². The molecular formula is C14H18O3. The molecule has 0 fully saturated rings. The van der Waals surface area contributed by atoms with Crippen molar-refractivity contribution < 1.29 is 14.6 Å². The molecule has 1 aromatic carbocycles. The zero-order valence-electron chi connectivity index (χ0n) is 10.5. The second-order valence-corrected chi connectivity index (χ2v) is 5.38. The topological polar surface area (TPSA) is 46.5 Å². The van der Waals surface area contributed by atoms with Crippen molar-refractivity contribution in [1.82, 2.24) is 0 Å². The monoisotopic (exact) mass is 234 g/mol. The Morgan fingerprint density at radius 1 is 1.53 bits per heavy atom. The van der Waals surface area contributed by atoms with Gasteiger partial charge in [0.1, 0.15) is 5.75 Å². The molecule has 0 heterocycles. The fraction of sp³-hybridized carbons (Fsp3) is 0.500. The van der Waals surface area contributed by atoms with Gasteiger partial charge in [-0.3, -0.25) is 4.79 Å². The Labute approximate surface area is 101 Å². The largest absolute Gasteiger partial charge is 0.508 e. The standard InChI is InChI=1S/C14H18O3/c1-14(2)8-9-4-5-10(15)6-11(9)12(14)7-13(16)17-3/h4-6,12,15H,7-8H2,1-3H3/t12-/m1/s1. The van der Waals surface area contributed by atoms with E-state index >= 15 is 0 Å². The Kier molecular flexibility index (Phi) is 2.86. The fourth-order valence-corrected chi connectivity index (χ4v) is 2.74. The first kappa shape index (κ1) is 12.0. The van der Waals surface area contributed by atoms with Gasteiger partial charge in [-0.2, -0.15) is 0 Å². The van der Waals surface area contributed by atoms with Gasteiger partial charge in [0.15, 0.2) is 0 Å². The summed E-state index contributed by atoms with van der Waals surface area (Å²) in [6.07, 6.45) is 1.31. The lowest BCUT2D eigenvalue weighted by molar-refractivity contribution is -0.141. The van der Waals surface area contributed by atoms with Crippen LogP contribution in [0, 0.1) is 5.41 Å². The summed E-state index contributed by atoms with van der Waals surface area (Å²) in [4.78, 5) is 11.5. The second-order valence-electron chi connectivity index (χ2n) is 5.38. The number of benzene rings is 1. The highest BCUT2D eigenvalue weighted by Gasteiger charge is 2.40. The highest BCUT2D eigenvalue weighted by Crippen LogP contribution is 2.49. The molecule has 3 nitrogen and oxygen atoms in total. The van der Waals surface area contributed by atoms with Crippen LogP contribution in [-0.4, -0.2) is 18.2 Å². The Morgan fingerprint density at radius 2 is 2.24 bits per heavy atom. The number of rotatable bonds is 2. The van der Waals surface area contributed by atoms with Gasteiger partial charge in [0.05, 0.1) is 13.5 Å². The number of phenols is 1. The average molecular weight is 234 g/mol. The summed E-state index contributed by atoms with van der Waals surface area (Å²) in [7, 11) is 1.41. The number of hydrogen-bond acceptors (Lipinski definition) is 3.